The molecule has 0 aliphatic carbocycles. The Morgan fingerprint density at radius 1 is 1.82 bits per heavy atom. The number of hydrogen-bond donors (Lipinski definition) is 1. The van der Waals surface area contributed by atoms with Crippen LogP contribution in [0, 0.1) is 0 Å². The zero-order valence-electron chi connectivity index (χ0n) is 6.42. The number of ether oxygens (including phenoxy) is 1. The first-order chi connectivity index (χ1) is 5.33. The first-order valence-electron chi connectivity index (χ1n) is 3.43. The number of carbonyl (C=O) groups is 1. The topological polar surface area (TPSA) is 38.3 Å². The summed E-state index contributed by atoms with van der Waals surface area (Å²) < 4.78 is 4.49. The molecule has 3 nitrogen and oxygen atoms in total. The highest BCUT2D eigenvalue weighted by molar-refractivity contribution is 7.99. The van der Waals surface area contributed by atoms with E-state index in [0.717, 1.165) is 23.7 Å². The van der Waals surface area contributed by atoms with E-state index in [4.69, 9.17) is 0 Å². The Balaban J connectivity index is 2.43. The molecule has 0 spiro atoms. The molecule has 0 saturated carbocycles. The van der Waals surface area contributed by atoms with Gasteiger partial charge in [0.1, 0.15) is 0 Å². The standard InChI is InChI=1S/C7H11NO2S/c1-10-7(9)4-6-5-11-3-2-8-6/h4,8H,2-3,5H2,1H3/b6-4-. The molecule has 0 aromatic carbocycles. The minimum atomic E-state index is -0.282. The maximum Gasteiger partial charge on any atom is 0.332 e. The smallest absolute Gasteiger partial charge is 0.332 e. The van der Waals surface area contributed by atoms with Crippen molar-refractivity contribution in [1.82, 2.24) is 5.32 Å². The van der Waals surface area contributed by atoms with Crippen LogP contribution in [0.2, 0.25) is 0 Å². The fraction of sp³-hybridized carbons (Fsp3) is 0.571. The fourth-order valence-corrected chi connectivity index (χ4v) is 1.61. The molecule has 1 N–H and O–H groups in total. The molecule has 1 heterocycles. The van der Waals surface area contributed by atoms with Gasteiger partial charge in [0.25, 0.3) is 0 Å². The van der Waals surface area contributed by atoms with Crippen molar-refractivity contribution in [3.63, 3.8) is 0 Å². The monoisotopic (exact) mass is 173 g/mol. The fourth-order valence-electron chi connectivity index (χ4n) is 0.811. The summed E-state index contributed by atoms with van der Waals surface area (Å²) >= 11 is 1.82. The lowest BCUT2D eigenvalue weighted by molar-refractivity contribution is -0.134. The summed E-state index contributed by atoms with van der Waals surface area (Å²) in [5.74, 6) is 1.71. The maximum absolute atomic E-state index is 10.7. The molecule has 11 heavy (non-hydrogen) atoms. The molecule has 1 fully saturated rings. The summed E-state index contributed by atoms with van der Waals surface area (Å²) in [7, 11) is 1.38. The number of thioether (sulfide) groups is 1. The molecule has 0 radical (unpaired) electrons. The highest BCUT2D eigenvalue weighted by Crippen LogP contribution is 2.09. The summed E-state index contributed by atoms with van der Waals surface area (Å²) in [6, 6.07) is 0. The molecule has 1 rings (SSSR count). The number of nitrogens with one attached hydrogen (secondary N) is 1. The molecule has 0 aromatic heterocycles. The second kappa shape index (κ2) is 4.28. The van der Waals surface area contributed by atoms with Crippen molar-refractivity contribution in [3.05, 3.63) is 11.8 Å². The minimum Gasteiger partial charge on any atom is -0.466 e. The molecule has 0 aromatic rings. The number of carbonyl (C=O) groups excluding carboxylic acids is 1. The average Bonchev–Trinajstić information content (AvgIpc) is 2.06. The van der Waals surface area contributed by atoms with Crippen molar-refractivity contribution in [3.8, 4) is 0 Å². The second-order valence-corrected chi connectivity index (χ2v) is 3.28. The maximum atomic E-state index is 10.7. The lowest BCUT2D eigenvalue weighted by atomic mass is 10.4. The van der Waals surface area contributed by atoms with Crippen LogP contribution in [0.25, 0.3) is 0 Å². The summed E-state index contributed by atoms with van der Waals surface area (Å²) in [5.41, 5.74) is 0.966. The van der Waals surface area contributed by atoms with Gasteiger partial charge >= 0.3 is 5.97 Å². The van der Waals surface area contributed by atoms with Gasteiger partial charge in [-0.05, 0) is 0 Å². The molecule has 0 bridgehead atoms. The highest BCUT2D eigenvalue weighted by atomic mass is 32.2. The number of methoxy groups -OCH3 is 1. The van der Waals surface area contributed by atoms with Crippen molar-refractivity contribution in [1.29, 1.82) is 0 Å². The molecule has 62 valence electrons. The average molecular weight is 173 g/mol. The Hall–Kier alpha value is -0.640. The summed E-state index contributed by atoms with van der Waals surface area (Å²) in [5, 5.41) is 3.12. The molecule has 0 atom stereocenters. The molecule has 1 aliphatic heterocycles. The Labute approximate surface area is 70.2 Å². The molecule has 4 heteroatoms. The Bertz CT molecular complexity index is 171. The molecule has 0 unspecified atom stereocenters. The third-order valence-electron chi connectivity index (χ3n) is 1.35. The van der Waals surface area contributed by atoms with Gasteiger partial charge in [-0.3, -0.25) is 0 Å². The van der Waals surface area contributed by atoms with Gasteiger partial charge in [0.2, 0.25) is 0 Å². The molecule has 1 saturated heterocycles. The van der Waals surface area contributed by atoms with E-state index in [-0.39, 0.29) is 5.97 Å². The third-order valence-corrected chi connectivity index (χ3v) is 2.36. The Kier molecular flexibility index (Phi) is 3.29. The van der Waals surface area contributed by atoms with E-state index in [1.807, 2.05) is 11.8 Å². The quantitative estimate of drug-likeness (QED) is 0.459. The zero-order chi connectivity index (χ0) is 8.10. The SMILES string of the molecule is COC(=O)/C=C1/CSCCN1. The van der Waals surface area contributed by atoms with E-state index in [9.17, 15) is 4.79 Å². The van der Waals surface area contributed by atoms with Crippen LogP contribution in [0.5, 0.6) is 0 Å². The van der Waals surface area contributed by atoms with E-state index >= 15 is 0 Å². The minimum absolute atomic E-state index is 0.282. The normalized spacial score (nSPS) is 21.0. The largest absolute Gasteiger partial charge is 0.466 e. The molecular formula is C7H11NO2S. The van der Waals surface area contributed by atoms with Gasteiger partial charge in [-0.2, -0.15) is 11.8 Å². The van der Waals surface area contributed by atoms with E-state index in [1.54, 1.807) is 0 Å². The van der Waals surface area contributed by atoms with Crippen LogP contribution in [0.4, 0.5) is 0 Å². The van der Waals surface area contributed by atoms with Gasteiger partial charge in [0.05, 0.1) is 7.11 Å². The van der Waals surface area contributed by atoms with E-state index in [0.29, 0.717) is 0 Å². The molecule has 0 amide bonds. The van der Waals surface area contributed by atoms with Crippen LogP contribution in [-0.4, -0.2) is 31.1 Å². The van der Waals surface area contributed by atoms with Crippen molar-refractivity contribution < 1.29 is 9.53 Å². The van der Waals surface area contributed by atoms with Gasteiger partial charge < -0.3 is 10.1 Å². The van der Waals surface area contributed by atoms with Gasteiger partial charge in [-0.25, -0.2) is 4.79 Å². The van der Waals surface area contributed by atoms with Crippen molar-refractivity contribution in [2.75, 3.05) is 25.2 Å². The van der Waals surface area contributed by atoms with Crippen molar-refractivity contribution in [2.24, 2.45) is 0 Å². The summed E-state index contributed by atoms with van der Waals surface area (Å²) in [6.07, 6.45) is 1.51. The summed E-state index contributed by atoms with van der Waals surface area (Å²) in [6.45, 7) is 0.938. The number of esters is 1. The van der Waals surface area contributed by atoms with Crippen molar-refractivity contribution in [2.45, 2.75) is 0 Å². The van der Waals surface area contributed by atoms with Crippen LogP contribution >= 0.6 is 11.8 Å². The lowest BCUT2D eigenvalue weighted by Gasteiger charge is -2.15. The zero-order valence-corrected chi connectivity index (χ0v) is 7.24. The number of rotatable bonds is 1. The van der Waals surface area contributed by atoms with Crippen LogP contribution in [-0.2, 0) is 9.53 Å². The van der Waals surface area contributed by atoms with E-state index in [1.165, 1.54) is 13.2 Å². The van der Waals surface area contributed by atoms with Crippen LogP contribution in [0.15, 0.2) is 11.8 Å². The van der Waals surface area contributed by atoms with Crippen LogP contribution in [0.3, 0.4) is 0 Å². The lowest BCUT2D eigenvalue weighted by Crippen LogP contribution is -2.24. The predicted octanol–water partition coefficient (Wildman–Crippen LogP) is 0.380. The van der Waals surface area contributed by atoms with Gasteiger partial charge in [-0.1, -0.05) is 0 Å². The van der Waals surface area contributed by atoms with Crippen molar-refractivity contribution >= 4 is 17.7 Å². The van der Waals surface area contributed by atoms with Crippen LogP contribution < -0.4 is 5.32 Å². The van der Waals surface area contributed by atoms with Gasteiger partial charge in [0.15, 0.2) is 0 Å². The van der Waals surface area contributed by atoms with E-state index in [2.05, 4.69) is 10.1 Å². The molecule has 1 aliphatic rings. The molecular weight excluding hydrogens is 162 g/mol. The van der Waals surface area contributed by atoms with Gasteiger partial charge in [-0.15, -0.1) is 0 Å². The first kappa shape index (κ1) is 8.46. The predicted molar refractivity (Wildman–Crippen MR) is 45.4 cm³/mol. The Morgan fingerprint density at radius 3 is 3.18 bits per heavy atom. The third kappa shape index (κ3) is 2.84. The Morgan fingerprint density at radius 2 is 2.64 bits per heavy atom. The highest BCUT2D eigenvalue weighted by Gasteiger charge is 2.05. The second-order valence-electron chi connectivity index (χ2n) is 2.17. The first-order valence-corrected chi connectivity index (χ1v) is 4.58. The van der Waals surface area contributed by atoms with Gasteiger partial charge in [0, 0.05) is 29.8 Å². The summed E-state index contributed by atoms with van der Waals surface area (Å²) in [4.78, 5) is 10.7. The van der Waals surface area contributed by atoms with E-state index < -0.39 is 0 Å². The number of hydrogen-bond acceptors (Lipinski definition) is 4. The van der Waals surface area contributed by atoms with Crippen LogP contribution in [0.1, 0.15) is 0 Å².